The molecule has 0 amide bonds. The standard InChI is InChI=1S/C26H25N5O19S6.4Na/c27-23-22-15(14-21(55(41,42)43)25(23)31-29-17-3-7-19(8-4-17)53(37,38)11-12-54(39,40)49-34)13-20(51-50-48-33)24(26(22)32)30-28-16-1-5-18(6-2-16)52(35,36)10-9-47-56(44,45)46;;;;/h1-8,13-14,32-34H,9-12,27H2,(H,41,42,43)(H,44,45,46);;;;/q;4*+1/p-4. The Kier molecular flexibility index (Phi) is 24.7. The van der Waals surface area contributed by atoms with Gasteiger partial charge in [-0.3, -0.25) is 9.22 Å². The summed E-state index contributed by atoms with van der Waals surface area (Å²) >= 11 is 0.158. The van der Waals surface area contributed by atoms with Gasteiger partial charge in [-0.25, -0.2) is 42.1 Å². The quantitative estimate of drug-likeness (QED) is 0.0137. The Bertz CT molecular complexity index is 2770. The van der Waals surface area contributed by atoms with E-state index < -0.39 is 107 Å². The summed E-state index contributed by atoms with van der Waals surface area (Å²) in [6, 6.07) is 10.3. The molecule has 0 atom stereocenters. The zero-order valence-corrected chi connectivity index (χ0v) is 44.1. The summed E-state index contributed by atoms with van der Waals surface area (Å²) in [6.07, 6.45) is 0. The molecule has 60 heavy (non-hydrogen) atoms. The van der Waals surface area contributed by atoms with E-state index in [4.69, 9.17) is 5.73 Å². The van der Waals surface area contributed by atoms with Gasteiger partial charge in [-0.05, 0) is 66.0 Å². The predicted octanol–water partition coefficient (Wildman–Crippen LogP) is -11.2. The minimum atomic E-state index is -5.39. The normalized spacial score (nSPS) is 12.4. The number of benzene rings is 4. The molecule has 0 saturated heterocycles. The summed E-state index contributed by atoms with van der Waals surface area (Å²) in [5.41, 5.74) is 4.07. The third-order valence-corrected chi connectivity index (χ3v) is 13.5. The van der Waals surface area contributed by atoms with Crippen LogP contribution in [0, 0.1) is 0 Å². The van der Waals surface area contributed by atoms with Gasteiger partial charge in [0, 0.05) is 0 Å². The Morgan fingerprint density at radius 1 is 0.667 bits per heavy atom. The first kappa shape index (κ1) is 59.7. The topological polar surface area (TPSA) is 396 Å². The van der Waals surface area contributed by atoms with E-state index in [0.29, 0.717) is 0 Å². The van der Waals surface area contributed by atoms with Crippen LogP contribution in [0.5, 0.6) is 5.75 Å². The third-order valence-electron chi connectivity index (χ3n) is 6.94. The fourth-order valence-electron chi connectivity index (χ4n) is 4.40. The van der Waals surface area contributed by atoms with Crippen LogP contribution in [0.1, 0.15) is 0 Å². The summed E-state index contributed by atoms with van der Waals surface area (Å²) in [5.74, 6) is -3.86. The molecule has 0 aliphatic rings. The molecule has 0 saturated carbocycles. The Morgan fingerprint density at radius 2 is 1.15 bits per heavy atom. The zero-order chi connectivity index (χ0) is 41.7. The molecule has 24 nitrogen and oxygen atoms in total. The van der Waals surface area contributed by atoms with Crippen molar-refractivity contribution in [3.8, 4) is 5.75 Å². The number of phenolic OH excluding ortho intramolecular Hbond substituents is 1. The van der Waals surface area contributed by atoms with Gasteiger partial charge in [-0.2, -0.15) is 14.6 Å². The minimum Gasteiger partial charge on any atom is -0.744 e. The van der Waals surface area contributed by atoms with E-state index >= 15 is 0 Å². The second-order valence-electron chi connectivity index (χ2n) is 10.6. The maximum Gasteiger partial charge on any atom is 1.00 e. The van der Waals surface area contributed by atoms with Crippen LogP contribution in [0.3, 0.4) is 0 Å². The molecule has 0 aromatic heterocycles. The van der Waals surface area contributed by atoms with Crippen molar-refractivity contribution in [2.45, 2.75) is 19.6 Å². The largest absolute Gasteiger partial charge is 1.00 e. The maximum absolute atomic E-state index is 12.5. The van der Waals surface area contributed by atoms with E-state index in [1.807, 2.05) is 0 Å². The van der Waals surface area contributed by atoms with E-state index in [0.717, 1.165) is 60.7 Å². The number of phenols is 1. The van der Waals surface area contributed by atoms with Crippen molar-refractivity contribution in [3.05, 3.63) is 60.7 Å². The molecule has 0 aliphatic heterocycles. The van der Waals surface area contributed by atoms with Gasteiger partial charge < -0.3 is 34.8 Å². The Balaban J connectivity index is 0.00000870. The van der Waals surface area contributed by atoms with Crippen molar-refractivity contribution in [1.82, 2.24) is 0 Å². The van der Waals surface area contributed by atoms with E-state index in [-0.39, 0.29) is 162 Å². The van der Waals surface area contributed by atoms with Crippen LogP contribution in [-0.4, -0.2) is 80.2 Å². The number of nitrogen functional groups attached to an aromatic ring is 1. The fraction of sp³-hybridized carbons (Fsp3) is 0.154. The molecule has 0 unspecified atom stereocenters. The summed E-state index contributed by atoms with van der Waals surface area (Å²) < 4.78 is 152. The van der Waals surface area contributed by atoms with Crippen LogP contribution in [0.2, 0.25) is 0 Å². The number of rotatable bonds is 18. The molecule has 0 heterocycles. The number of fused-ring (bicyclic) bond motifs is 1. The number of nitrogens with two attached hydrogens (primary N) is 1. The number of anilines is 1. The molecule has 0 bridgehead atoms. The van der Waals surface area contributed by atoms with Crippen molar-refractivity contribution < 1.29 is 203 Å². The average molecular weight is 992 g/mol. The monoisotopic (exact) mass is 991 g/mol. The number of hydrogen-bond donors (Lipinski definition) is 2. The van der Waals surface area contributed by atoms with Crippen molar-refractivity contribution in [2.75, 3.05) is 29.6 Å². The molecule has 0 radical (unpaired) electrons. The van der Waals surface area contributed by atoms with Crippen molar-refractivity contribution in [1.29, 1.82) is 0 Å². The molecule has 34 heteroatoms. The van der Waals surface area contributed by atoms with Gasteiger partial charge >= 0.3 is 118 Å². The number of hydrogen-bond acceptors (Lipinski definition) is 25. The first-order valence-corrected chi connectivity index (χ1v) is 22.7. The van der Waals surface area contributed by atoms with Gasteiger partial charge in [0.05, 0.1) is 77.9 Å². The zero-order valence-electron chi connectivity index (χ0n) is 31.2. The first-order chi connectivity index (χ1) is 26.0. The third kappa shape index (κ3) is 16.6. The first-order valence-electron chi connectivity index (χ1n) is 14.3. The number of aromatic hydroxyl groups is 1. The number of nitrogens with zero attached hydrogens (tertiary/aromatic N) is 4. The molecule has 4 aromatic rings. The summed E-state index contributed by atoms with van der Waals surface area (Å²) in [6.45, 7) is -0.944. The van der Waals surface area contributed by atoms with Gasteiger partial charge in [-0.1, -0.05) is 0 Å². The van der Waals surface area contributed by atoms with Crippen LogP contribution in [0.4, 0.5) is 28.4 Å². The Hall–Kier alpha value is -0.280. The molecule has 3 N–H and O–H groups in total. The van der Waals surface area contributed by atoms with Crippen LogP contribution in [0.15, 0.2) is 101 Å². The Morgan fingerprint density at radius 3 is 1.60 bits per heavy atom. The van der Waals surface area contributed by atoms with Crippen LogP contribution < -0.4 is 134 Å². The van der Waals surface area contributed by atoms with Crippen molar-refractivity contribution in [2.24, 2.45) is 20.5 Å². The number of azo groups is 2. The van der Waals surface area contributed by atoms with Crippen LogP contribution >= 0.6 is 12.0 Å². The van der Waals surface area contributed by atoms with Crippen LogP contribution in [0.25, 0.3) is 10.8 Å². The average Bonchev–Trinajstić information content (AvgIpc) is 3.11. The molecular weight excluding hydrogens is 971 g/mol. The summed E-state index contributed by atoms with van der Waals surface area (Å²) in [4.78, 5) is -2.04. The van der Waals surface area contributed by atoms with E-state index in [9.17, 15) is 66.8 Å². The second kappa shape index (κ2) is 24.9. The summed E-state index contributed by atoms with van der Waals surface area (Å²) in [7, 11) is -23.5. The molecular formula is C26H21N5Na4O19S6. The second-order valence-corrected chi connectivity index (χ2v) is 19.6. The van der Waals surface area contributed by atoms with Crippen molar-refractivity contribution in [3.63, 3.8) is 0 Å². The molecule has 0 fully saturated rings. The molecule has 4 aromatic carbocycles. The Labute approximate surface area is 434 Å². The molecule has 304 valence electrons. The van der Waals surface area contributed by atoms with Gasteiger partial charge in [-0.15, -0.1) is 10.2 Å². The van der Waals surface area contributed by atoms with E-state index in [1.54, 1.807) is 0 Å². The SMILES string of the molecule is Nc1c(N=Nc2ccc(S(=O)(=O)CCS(=O)(=O)O[O-])cc2)c(S(=O)(=O)[O-])cc2cc(SOO[O-])c(N=Nc3ccc(S(=O)(=O)CCOS(=O)(=O)[O-])cc3)c(O)c12.[Na+].[Na+].[Na+].[Na+]. The fourth-order valence-corrected chi connectivity index (χ4v) is 9.58. The van der Waals surface area contributed by atoms with Crippen molar-refractivity contribution >= 4 is 102 Å². The van der Waals surface area contributed by atoms with Gasteiger partial charge in [0.1, 0.15) is 21.5 Å². The smallest absolute Gasteiger partial charge is 0.744 e. The summed E-state index contributed by atoms with van der Waals surface area (Å²) in [5, 5.41) is 50.1. The van der Waals surface area contributed by atoms with Crippen LogP contribution in [-0.2, 0) is 68.2 Å². The van der Waals surface area contributed by atoms with E-state index in [1.165, 1.54) is 0 Å². The van der Waals surface area contributed by atoms with Gasteiger partial charge in [0.15, 0.2) is 25.4 Å². The van der Waals surface area contributed by atoms with Gasteiger partial charge in [0.25, 0.3) is 10.1 Å². The van der Waals surface area contributed by atoms with Gasteiger partial charge in [0.2, 0.25) is 10.4 Å². The number of sulfone groups is 2. The molecule has 4 rings (SSSR count). The molecule has 0 aliphatic carbocycles. The minimum absolute atomic E-state index is 0. The van der Waals surface area contributed by atoms with E-state index in [2.05, 4.69) is 38.3 Å². The maximum atomic E-state index is 12.5. The predicted molar refractivity (Wildman–Crippen MR) is 182 cm³/mol. The molecule has 0 spiro atoms.